The fourth-order valence-electron chi connectivity index (χ4n) is 1.52. The third kappa shape index (κ3) is 3.77. The molecule has 1 N–H and O–H groups in total. The number of benzene rings is 1. The fraction of sp³-hybridized carbons (Fsp3) is 0.462. The lowest BCUT2D eigenvalue weighted by molar-refractivity contribution is -0.150. The first-order valence-electron chi connectivity index (χ1n) is 5.60. The summed E-state index contributed by atoms with van der Waals surface area (Å²) in [5, 5.41) is 2.95. The Labute approximate surface area is 105 Å². The Bertz CT molecular complexity index is 433. The Morgan fingerprint density at radius 3 is 2.61 bits per heavy atom. The van der Waals surface area contributed by atoms with Crippen molar-refractivity contribution in [1.82, 2.24) is 5.32 Å². The molecule has 3 nitrogen and oxygen atoms in total. The first kappa shape index (κ1) is 14.6. The van der Waals surface area contributed by atoms with E-state index in [1.165, 1.54) is 19.2 Å². The molecule has 0 aromatic heterocycles. The summed E-state index contributed by atoms with van der Waals surface area (Å²) < 4.78 is 30.7. The zero-order valence-electron chi connectivity index (χ0n) is 10.7. The van der Waals surface area contributed by atoms with E-state index >= 15 is 0 Å². The molecule has 0 aliphatic rings. The molecular weight excluding hydrogens is 240 g/mol. The van der Waals surface area contributed by atoms with Crippen molar-refractivity contribution in [2.75, 3.05) is 13.7 Å². The standard InChI is InChI=1S/C13H17F2NO2/c1-13(2,12(17)18-3)8-16-7-9-4-5-10(14)6-11(9)15/h4-6,16H,7-8H2,1-3H3. The van der Waals surface area contributed by atoms with Gasteiger partial charge in [-0.25, -0.2) is 8.78 Å². The number of ether oxygens (including phenoxy) is 1. The quantitative estimate of drug-likeness (QED) is 0.822. The Balaban J connectivity index is 2.54. The fourth-order valence-corrected chi connectivity index (χ4v) is 1.52. The summed E-state index contributed by atoms with van der Waals surface area (Å²) in [7, 11) is 1.32. The maximum atomic E-state index is 13.3. The zero-order chi connectivity index (χ0) is 13.8. The molecule has 0 unspecified atom stereocenters. The van der Waals surface area contributed by atoms with Gasteiger partial charge in [-0.05, 0) is 19.9 Å². The Hall–Kier alpha value is -1.49. The number of rotatable bonds is 5. The average molecular weight is 257 g/mol. The van der Waals surface area contributed by atoms with E-state index in [1.54, 1.807) is 13.8 Å². The van der Waals surface area contributed by atoms with Gasteiger partial charge in [-0.15, -0.1) is 0 Å². The van der Waals surface area contributed by atoms with Crippen LogP contribution in [0.3, 0.4) is 0 Å². The Morgan fingerprint density at radius 1 is 1.39 bits per heavy atom. The summed E-state index contributed by atoms with van der Waals surface area (Å²) in [5.74, 6) is -1.54. The van der Waals surface area contributed by atoms with Crippen LogP contribution in [0.5, 0.6) is 0 Å². The van der Waals surface area contributed by atoms with E-state index in [9.17, 15) is 13.6 Å². The number of hydrogen-bond donors (Lipinski definition) is 1. The van der Waals surface area contributed by atoms with Crippen molar-refractivity contribution in [2.45, 2.75) is 20.4 Å². The molecule has 5 heteroatoms. The summed E-state index contributed by atoms with van der Waals surface area (Å²) in [5.41, 5.74) is -0.331. The van der Waals surface area contributed by atoms with Crippen LogP contribution in [-0.2, 0) is 16.1 Å². The van der Waals surface area contributed by atoms with E-state index in [2.05, 4.69) is 10.1 Å². The minimum Gasteiger partial charge on any atom is -0.469 e. The number of esters is 1. The molecule has 0 bridgehead atoms. The van der Waals surface area contributed by atoms with E-state index < -0.39 is 17.0 Å². The second-order valence-electron chi connectivity index (χ2n) is 4.71. The largest absolute Gasteiger partial charge is 0.469 e. The van der Waals surface area contributed by atoms with Gasteiger partial charge in [0.1, 0.15) is 11.6 Å². The van der Waals surface area contributed by atoms with Gasteiger partial charge in [0.25, 0.3) is 0 Å². The van der Waals surface area contributed by atoms with Crippen molar-refractivity contribution in [3.63, 3.8) is 0 Å². The Kier molecular flexibility index (Phi) is 4.78. The number of carbonyl (C=O) groups is 1. The monoisotopic (exact) mass is 257 g/mol. The second kappa shape index (κ2) is 5.91. The van der Waals surface area contributed by atoms with Gasteiger partial charge >= 0.3 is 5.97 Å². The van der Waals surface area contributed by atoms with E-state index in [4.69, 9.17) is 0 Å². The summed E-state index contributed by atoms with van der Waals surface area (Å²) >= 11 is 0. The van der Waals surface area contributed by atoms with Crippen molar-refractivity contribution < 1.29 is 18.3 Å². The minimum absolute atomic E-state index is 0.229. The number of halogens is 2. The van der Waals surface area contributed by atoms with Gasteiger partial charge in [0.05, 0.1) is 12.5 Å². The summed E-state index contributed by atoms with van der Waals surface area (Å²) in [6, 6.07) is 3.41. The van der Waals surface area contributed by atoms with E-state index in [-0.39, 0.29) is 12.5 Å². The average Bonchev–Trinajstić information content (AvgIpc) is 2.30. The third-order valence-corrected chi connectivity index (χ3v) is 2.64. The first-order valence-corrected chi connectivity index (χ1v) is 5.60. The Morgan fingerprint density at radius 2 is 2.06 bits per heavy atom. The van der Waals surface area contributed by atoms with Crippen LogP contribution >= 0.6 is 0 Å². The molecule has 0 aliphatic carbocycles. The number of nitrogens with one attached hydrogen (secondary N) is 1. The molecule has 0 heterocycles. The first-order chi connectivity index (χ1) is 8.36. The maximum absolute atomic E-state index is 13.3. The van der Waals surface area contributed by atoms with E-state index in [1.807, 2.05) is 0 Å². The van der Waals surface area contributed by atoms with E-state index in [0.29, 0.717) is 12.1 Å². The molecule has 0 atom stereocenters. The normalized spacial score (nSPS) is 11.4. The highest BCUT2D eigenvalue weighted by Crippen LogP contribution is 2.16. The molecule has 0 amide bonds. The molecule has 0 saturated heterocycles. The van der Waals surface area contributed by atoms with Crippen molar-refractivity contribution >= 4 is 5.97 Å². The van der Waals surface area contributed by atoms with Crippen LogP contribution in [0, 0.1) is 17.0 Å². The van der Waals surface area contributed by atoms with Crippen molar-refractivity contribution in [2.24, 2.45) is 5.41 Å². The topological polar surface area (TPSA) is 38.3 Å². The van der Waals surface area contributed by atoms with Crippen molar-refractivity contribution in [1.29, 1.82) is 0 Å². The maximum Gasteiger partial charge on any atom is 0.312 e. The highest BCUT2D eigenvalue weighted by atomic mass is 19.1. The van der Waals surface area contributed by atoms with Gasteiger partial charge in [-0.2, -0.15) is 0 Å². The minimum atomic E-state index is -0.689. The zero-order valence-corrected chi connectivity index (χ0v) is 10.7. The van der Waals surface area contributed by atoms with Crippen LogP contribution in [0.15, 0.2) is 18.2 Å². The van der Waals surface area contributed by atoms with Crippen molar-refractivity contribution in [3.05, 3.63) is 35.4 Å². The molecule has 0 saturated carbocycles. The van der Waals surface area contributed by atoms with Crippen LogP contribution in [0.1, 0.15) is 19.4 Å². The van der Waals surface area contributed by atoms with Gasteiger partial charge < -0.3 is 10.1 Å². The van der Waals surface area contributed by atoms with Crippen molar-refractivity contribution in [3.8, 4) is 0 Å². The van der Waals surface area contributed by atoms with Crippen LogP contribution in [0.4, 0.5) is 8.78 Å². The van der Waals surface area contributed by atoms with Crippen LogP contribution < -0.4 is 5.32 Å². The highest BCUT2D eigenvalue weighted by Gasteiger charge is 2.28. The predicted octanol–water partition coefficient (Wildman–Crippen LogP) is 2.25. The van der Waals surface area contributed by atoms with Gasteiger partial charge in [0.15, 0.2) is 0 Å². The number of hydrogen-bond acceptors (Lipinski definition) is 3. The second-order valence-corrected chi connectivity index (χ2v) is 4.71. The van der Waals surface area contributed by atoms with Gasteiger partial charge in [0, 0.05) is 24.7 Å². The summed E-state index contributed by atoms with van der Waals surface area (Å²) in [6.45, 7) is 4.03. The lowest BCUT2D eigenvalue weighted by atomic mass is 9.93. The van der Waals surface area contributed by atoms with Crippen LogP contribution in [0.2, 0.25) is 0 Å². The van der Waals surface area contributed by atoms with Gasteiger partial charge in [-0.1, -0.05) is 6.07 Å². The number of methoxy groups -OCH3 is 1. The molecule has 18 heavy (non-hydrogen) atoms. The molecular formula is C13H17F2NO2. The van der Waals surface area contributed by atoms with Crippen LogP contribution in [-0.4, -0.2) is 19.6 Å². The molecule has 100 valence electrons. The predicted molar refractivity (Wildman–Crippen MR) is 63.9 cm³/mol. The molecule has 1 aromatic carbocycles. The van der Waals surface area contributed by atoms with Gasteiger partial charge in [-0.3, -0.25) is 4.79 Å². The van der Waals surface area contributed by atoms with Crippen LogP contribution in [0.25, 0.3) is 0 Å². The number of carbonyl (C=O) groups excluding carboxylic acids is 1. The van der Waals surface area contributed by atoms with E-state index in [0.717, 1.165) is 6.07 Å². The lowest BCUT2D eigenvalue weighted by Crippen LogP contribution is -2.36. The molecule has 1 aromatic rings. The smallest absolute Gasteiger partial charge is 0.312 e. The SMILES string of the molecule is COC(=O)C(C)(C)CNCc1ccc(F)cc1F. The molecule has 0 spiro atoms. The van der Waals surface area contributed by atoms with Gasteiger partial charge in [0.2, 0.25) is 0 Å². The summed E-state index contributed by atoms with van der Waals surface area (Å²) in [6.07, 6.45) is 0. The molecule has 0 fully saturated rings. The molecule has 0 aliphatic heterocycles. The third-order valence-electron chi connectivity index (χ3n) is 2.64. The summed E-state index contributed by atoms with van der Waals surface area (Å²) in [4.78, 5) is 11.4. The molecule has 1 rings (SSSR count). The molecule has 0 radical (unpaired) electrons. The highest BCUT2D eigenvalue weighted by molar-refractivity contribution is 5.76. The lowest BCUT2D eigenvalue weighted by Gasteiger charge is -2.21.